The first kappa shape index (κ1) is 16.3. The highest BCUT2D eigenvalue weighted by atomic mass is 35.5. The number of rotatable bonds is 4. The highest BCUT2D eigenvalue weighted by Gasteiger charge is 2.12. The van der Waals surface area contributed by atoms with E-state index in [2.05, 4.69) is 10.6 Å². The van der Waals surface area contributed by atoms with Crippen LogP contribution in [0.3, 0.4) is 0 Å². The fourth-order valence-corrected chi connectivity index (χ4v) is 2.67. The van der Waals surface area contributed by atoms with Crippen molar-refractivity contribution in [3.8, 4) is 0 Å². The second kappa shape index (κ2) is 7.34. The second-order valence-electron chi connectivity index (χ2n) is 5.43. The minimum absolute atomic E-state index is 0.118. The maximum Gasteiger partial charge on any atom is 0.319 e. The van der Waals surface area contributed by atoms with Gasteiger partial charge in [-0.2, -0.15) is 0 Å². The van der Waals surface area contributed by atoms with Gasteiger partial charge in [0, 0.05) is 17.3 Å². The van der Waals surface area contributed by atoms with Gasteiger partial charge in [0.05, 0.1) is 6.10 Å². The zero-order chi connectivity index (χ0) is 16.9. The zero-order valence-corrected chi connectivity index (χ0v) is 13.6. The van der Waals surface area contributed by atoms with Crippen LogP contribution in [0.15, 0.2) is 66.7 Å². The molecule has 3 N–H and O–H groups in total. The number of benzene rings is 3. The van der Waals surface area contributed by atoms with Crippen molar-refractivity contribution in [2.45, 2.75) is 6.10 Å². The standard InChI is InChI=1S/C19H17ClN2O2/c20-14-8-10-15(11-9-14)22-19(24)21-12-18(23)17-7-3-5-13-4-1-2-6-16(13)17/h1-11,18,23H,12H2,(H2,21,22,24). The summed E-state index contributed by atoms with van der Waals surface area (Å²) in [5.74, 6) is 0. The number of hydrogen-bond donors (Lipinski definition) is 3. The molecule has 0 radical (unpaired) electrons. The SMILES string of the molecule is O=C(NCC(O)c1cccc2ccccc12)Nc1ccc(Cl)cc1. The lowest BCUT2D eigenvalue weighted by atomic mass is 10.0. The number of urea groups is 1. The van der Waals surface area contributed by atoms with Crippen LogP contribution in [-0.4, -0.2) is 17.7 Å². The molecule has 0 saturated heterocycles. The number of halogens is 1. The molecule has 24 heavy (non-hydrogen) atoms. The maximum absolute atomic E-state index is 11.9. The van der Waals surface area contributed by atoms with Crippen LogP contribution in [0.25, 0.3) is 10.8 Å². The van der Waals surface area contributed by atoms with Crippen molar-refractivity contribution in [2.24, 2.45) is 0 Å². The van der Waals surface area contributed by atoms with Crippen molar-refractivity contribution >= 4 is 34.1 Å². The van der Waals surface area contributed by atoms with E-state index in [9.17, 15) is 9.90 Å². The number of amides is 2. The number of fused-ring (bicyclic) bond motifs is 1. The fourth-order valence-electron chi connectivity index (χ4n) is 2.55. The molecule has 3 rings (SSSR count). The Hall–Kier alpha value is -2.56. The van der Waals surface area contributed by atoms with E-state index in [1.807, 2.05) is 42.5 Å². The third-order valence-electron chi connectivity index (χ3n) is 3.74. The van der Waals surface area contributed by atoms with Crippen molar-refractivity contribution in [1.29, 1.82) is 0 Å². The number of carbonyl (C=O) groups excluding carboxylic acids is 1. The van der Waals surface area contributed by atoms with E-state index in [0.29, 0.717) is 10.7 Å². The molecule has 0 aromatic heterocycles. The molecule has 0 heterocycles. The lowest BCUT2D eigenvalue weighted by Crippen LogP contribution is -2.32. The van der Waals surface area contributed by atoms with Crippen LogP contribution in [-0.2, 0) is 0 Å². The highest BCUT2D eigenvalue weighted by molar-refractivity contribution is 6.30. The van der Waals surface area contributed by atoms with E-state index < -0.39 is 6.10 Å². The van der Waals surface area contributed by atoms with Crippen LogP contribution < -0.4 is 10.6 Å². The van der Waals surface area contributed by atoms with Crippen molar-refractivity contribution in [2.75, 3.05) is 11.9 Å². The number of aliphatic hydroxyl groups excluding tert-OH is 1. The maximum atomic E-state index is 11.9. The Labute approximate surface area is 145 Å². The van der Waals surface area contributed by atoms with Gasteiger partial charge in [-0.15, -0.1) is 0 Å². The predicted octanol–water partition coefficient (Wildman–Crippen LogP) is 4.35. The Morgan fingerprint density at radius 3 is 2.50 bits per heavy atom. The number of nitrogens with one attached hydrogen (secondary N) is 2. The average molecular weight is 341 g/mol. The van der Waals surface area contributed by atoms with Gasteiger partial charge in [-0.05, 0) is 40.6 Å². The molecule has 2 amide bonds. The first-order valence-corrected chi connectivity index (χ1v) is 7.97. The Morgan fingerprint density at radius 2 is 1.71 bits per heavy atom. The first-order valence-electron chi connectivity index (χ1n) is 7.59. The lowest BCUT2D eigenvalue weighted by Gasteiger charge is -2.15. The molecule has 1 unspecified atom stereocenters. The van der Waals surface area contributed by atoms with Crippen molar-refractivity contribution in [1.82, 2.24) is 5.32 Å². The van der Waals surface area contributed by atoms with Crippen molar-refractivity contribution in [3.05, 3.63) is 77.3 Å². The molecule has 0 fully saturated rings. The van der Waals surface area contributed by atoms with Gasteiger partial charge in [0.25, 0.3) is 0 Å². The van der Waals surface area contributed by atoms with Gasteiger partial charge in [0.1, 0.15) is 0 Å². The average Bonchev–Trinajstić information content (AvgIpc) is 2.61. The third kappa shape index (κ3) is 3.85. The lowest BCUT2D eigenvalue weighted by molar-refractivity contribution is 0.176. The van der Waals surface area contributed by atoms with E-state index in [1.54, 1.807) is 24.3 Å². The van der Waals surface area contributed by atoms with Gasteiger partial charge >= 0.3 is 6.03 Å². The van der Waals surface area contributed by atoms with E-state index in [1.165, 1.54) is 0 Å². The van der Waals surface area contributed by atoms with Crippen LogP contribution in [0, 0.1) is 0 Å². The van der Waals surface area contributed by atoms with Gasteiger partial charge in [-0.3, -0.25) is 0 Å². The van der Waals surface area contributed by atoms with Gasteiger partial charge in [0.2, 0.25) is 0 Å². The molecule has 3 aromatic rings. The smallest absolute Gasteiger partial charge is 0.319 e. The Bertz CT molecular complexity index is 844. The van der Waals surface area contributed by atoms with E-state index in [-0.39, 0.29) is 12.6 Å². The molecule has 0 saturated carbocycles. The Morgan fingerprint density at radius 1 is 1.00 bits per heavy atom. The predicted molar refractivity (Wildman–Crippen MR) is 97.4 cm³/mol. The molecule has 122 valence electrons. The molecule has 0 bridgehead atoms. The molecular weight excluding hydrogens is 324 g/mol. The summed E-state index contributed by atoms with van der Waals surface area (Å²) in [4.78, 5) is 11.9. The Balaban J connectivity index is 1.63. The van der Waals surface area contributed by atoms with Crippen LogP contribution >= 0.6 is 11.6 Å². The molecule has 0 aliphatic rings. The van der Waals surface area contributed by atoms with E-state index in [0.717, 1.165) is 16.3 Å². The summed E-state index contributed by atoms with van der Waals surface area (Å²) in [5.41, 5.74) is 1.43. The first-order chi connectivity index (χ1) is 11.6. The summed E-state index contributed by atoms with van der Waals surface area (Å²) < 4.78 is 0. The topological polar surface area (TPSA) is 61.4 Å². The van der Waals surface area contributed by atoms with Gasteiger partial charge in [0.15, 0.2) is 0 Å². The molecule has 0 aliphatic heterocycles. The summed E-state index contributed by atoms with van der Waals surface area (Å²) in [6, 6.07) is 20.0. The number of anilines is 1. The molecule has 1 atom stereocenters. The summed E-state index contributed by atoms with van der Waals surface area (Å²) in [5, 5.41) is 18.4. The van der Waals surface area contributed by atoms with Crippen molar-refractivity contribution < 1.29 is 9.90 Å². The van der Waals surface area contributed by atoms with Crippen LogP contribution in [0.1, 0.15) is 11.7 Å². The monoisotopic (exact) mass is 340 g/mol. The molecule has 3 aromatic carbocycles. The molecule has 4 nitrogen and oxygen atoms in total. The van der Waals surface area contributed by atoms with E-state index in [4.69, 9.17) is 11.6 Å². The summed E-state index contributed by atoms with van der Waals surface area (Å²) >= 11 is 5.81. The Kier molecular flexibility index (Phi) is 4.99. The van der Waals surface area contributed by atoms with E-state index >= 15 is 0 Å². The van der Waals surface area contributed by atoms with Gasteiger partial charge in [-0.25, -0.2) is 4.79 Å². The number of hydrogen-bond acceptors (Lipinski definition) is 2. The van der Waals surface area contributed by atoms with Gasteiger partial charge < -0.3 is 15.7 Å². The molecule has 5 heteroatoms. The molecule has 0 aliphatic carbocycles. The highest BCUT2D eigenvalue weighted by Crippen LogP contribution is 2.23. The van der Waals surface area contributed by atoms with Crippen LogP contribution in [0.5, 0.6) is 0 Å². The zero-order valence-electron chi connectivity index (χ0n) is 12.9. The summed E-state index contributed by atoms with van der Waals surface area (Å²) in [6.07, 6.45) is -0.785. The van der Waals surface area contributed by atoms with Crippen LogP contribution in [0.4, 0.5) is 10.5 Å². The minimum atomic E-state index is -0.785. The number of aliphatic hydroxyl groups is 1. The third-order valence-corrected chi connectivity index (χ3v) is 3.99. The minimum Gasteiger partial charge on any atom is -0.387 e. The van der Waals surface area contributed by atoms with Gasteiger partial charge in [-0.1, -0.05) is 54.1 Å². The summed E-state index contributed by atoms with van der Waals surface area (Å²) in [7, 11) is 0. The second-order valence-corrected chi connectivity index (χ2v) is 5.86. The largest absolute Gasteiger partial charge is 0.387 e. The summed E-state index contributed by atoms with van der Waals surface area (Å²) in [6.45, 7) is 0.118. The molecular formula is C19H17ClN2O2. The quantitative estimate of drug-likeness (QED) is 0.661. The number of carbonyl (C=O) groups is 1. The molecule has 0 spiro atoms. The van der Waals surface area contributed by atoms with Crippen molar-refractivity contribution in [3.63, 3.8) is 0 Å². The normalized spacial score (nSPS) is 11.9. The van der Waals surface area contributed by atoms with Crippen LogP contribution in [0.2, 0.25) is 5.02 Å². The fraction of sp³-hybridized carbons (Fsp3) is 0.105.